The molecule has 1 aliphatic heterocycles. The Morgan fingerprint density at radius 3 is 2.78 bits per heavy atom. The van der Waals surface area contributed by atoms with Gasteiger partial charge in [-0.1, -0.05) is 18.7 Å². The van der Waals surface area contributed by atoms with Crippen LogP contribution in [0.5, 0.6) is 0 Å². The van der Waals surface area contributed by atoms with Gasteiger partial charge in [-0.2, -0.15) is 0 Å². The summed E-state index contributed by atoms with van der Waals surface area (Å²) in [5.41, 5.74) is 0. The van der Waals surface area contributed by atoms with E-state index >= 15 is 0 Å². The maximum atomic E-state index is 11.3. The highest BCUT2D eigenvalue weighted by atomic mass is 32.2. The van der Waals surface area contributed by atoms with Crippen LogP contribution in [0.25, 0.3) is 0 Å². The summed E-state index contributed by atoms with van der Waals surface area (Å²) < 4.78 is 4.85. The summed E-state index contributed by atoms with van der Waals surface area (Å²) in [5.74, 6) is -1.18. The molecule has 0 spiro atoms. The second kappa shape index (κ2) is 5.90. The van der Waals surface area contributed by atoms with E-state index < -0.39 is 23.2 Å². The topological polar surface area (TPSA) is 92.7 Å². The highest BCUT2D eigenvalue weighted by Crippen LogP contribution is 2.42. The van der Waals surface area contributed by atoms with Crippen LogP contribution in [0.4, 0.5) is 0 Å². The zero-order chi connectivity index (χ0) is 13.8. The first-order valence-corrected chi connectivity index (χ1v) is 6.25. The molecule has 0 fully saturated rings. The van der Waals surface area contributed by atoms with E-state index in [-0.39, 0.29) is 11.7 Å². The Balaban J connectivity index is 2.48. The summed E-state index contributed by atoms with van der Waals surface area (Å²) in [4.78, 5) is 32.8. The Bertz CT molecular complexity index is 406. The molecule has 0 aromatic heterocycles. The van der Waals surface area contributed by atoms with Crippen LogP contribution in [-0.4, -0.2) is 40.0 Å². The summed E-state index contributed by atoms with van der Waals surface area (Å²) >= 11 is 1.16. The van der Waals surface area contributed by atoms with Gasteiger partial charge in [0.05, 0.1) is 4.75 Å². The van der Waals surface area contributed by atoms with Crippen molar-refractivity contribution in [3.63, 3.8) is 0 Å². The van der Waals surface area contributed by atoms with Crippen LogP contribution in [-0.2, 0) is 19.1 Å². The second-order valence-corrected chi connectivity index (χ2v) is 5.48. The van der Waals surface area contributed by atoms with Crippen LogP contribution in [0, 0.1) is 0 Å². The van der Waals surface area contributed by atoms with E-state index in [2.05, 4.69) is 5.32 Å². The maximum absolute atomic E-state index is 11.3. The molecule has 0 saturated carbocycles. The van der Waals surface area contributed by atoms with E-state index in [1.807, 2.05) is 13.8 Å². The lowest BCUT2D eigenvalue weighted by Crippen LogP contribution is -2.33. The largest absolute Gasteiger partial charge is 0.486 e. The Hall–Kier alpha value is -1.50. The fourth-order valence-corrected chi connectivity index (χ4v) is 2.34. The lowest BCUT2D eigenvalue weighted by atomic mass is 10.1. The van der Waals surface area contributed by atoms with Crippen LogP contribution in [0.3, 0.4) is 0 Å². The van der Waals surface area contributed by atoms with Gasteiger partial charge in [0.2, 0.25) is 5.12 Å². The minimum atomic E-state index is -1.12. The molecule has 0 radical (unpaired) electrons. The summed E-state index contributed by atoms with van der Waals surface area (Å²) in [7, 11) is 0. The van der Waals surface area contributed by atoms with Crippen molar-refractivity contribution < 1.29 is 24.2 Å². The standard InChI is InChI=1S/C11H15NO5S/c1-3-11(2)7(4-10(16)18-11)17-6-8(13)12-5-9(14)15/h4H,3,5-6H2,1-2H3,(H,12,13)(H,14,15)/t11-/m1/s1. The molecule has 1 rings (SSSR count). The third-order valence-corrected chi connectivity index (χ3v) is 3.83. The van der Waals surface area contributed by atoms with Crippen LogP contribution in [0.15, 0.2) is 11.8 Å². The first kappa shape index (κ1) is 14.6. The van der Waals surface area contributed by atoms with E-state index in [1.165, 1.54) is 6.08 Å². The molecule has 7 heteroatoms. The molecule has 0 saturated heterocycles. The molecular formula is C11H15NO5S. The van der Waals surface area contributed by atoms with Crippen molar-refractivity contribution in [2.75, 3.05) is 13.2 Å². The van der Waals surface area contributed by atoms with Crippen molar-refractivity contribution in [2.24, 2.45) is 0 Å². The minimum absolute atomic E-state index is 0.0969. The first-order valence-electron chi connectivity index (χ1n) is 5.44. The zero-order valence-corrected chi connectivity index (χ0v) is 11.0. The van der Waals surface area contributed by atoms with Crippen molar-refractivity contribution >= 4 is 28.8 Å². The number of aliphatic carboxylic acids is 1. The van der Waals surface area contributed by atoms with E-state index in [1.54, 1.807) is 0 Å². The third kappa shape index (κ3) is 3.76. The van der Waals surface area contributed by atoms with E-state index in [0.717, 1.165) is 11.8 Å². The summed E-state index contributed by atoms with van der Waals surface area (Å²) in [5, 5.41) is 10.5. The Kier molecular flexibility index (Phi) is 4.77. The van der Waals surface area contributed by atoms with Gasteiger partial charge >= 0.3 is 5.97 Å². The molecule has 18 heavy (non-hydrogen) atoms. The number of thioether (sulfide) groups is 1. The molecule has 0 unspecified atom stereocenters. The molecule has 0 aromatic carbocycles. The molecule has 0 aliphatic carbocycles. The normalized spacial score (nSPS) is 22.6. The van der Waals surface area contributed by atoms with Gasteiger partial charge in [0.25, 0.3) is 5.91 Å². The quantitative estimate of drug-likeness (QED) is 0.733. The van der Waals surface area contributed by atoms with Crippen molar-refractivity contribution in [3.05, 3.63) is 11.8 Å². The van der Waals surface area contributed by atoms with Gasteiger partial charge in [0, 0.05) is 6.08 Å². The van der Waals surface area contributed by atoms with E-state index in [4.69, 9.17) is 9.84 Å². The number of carboxylic acids is 1. The zero-order valence-electron chi connectivity index (χ0n) is 10.2. The smallest absolute Gasteiger partial charge is 0.322 e. The van der Waals surface area contributed by atoms with Crippen molar-refractivity contribution in [3.8, 4) is 0 Å². The lowest BCUT2D eigenvalue weighted by molar-refractivity contribution is -0.138. The molecule has 0 bridgehead atoms. The van der Waals surface area contributed by atoms with Crippen molar-refractivity contribution in [1.29, 1.82) is 0 Å². The van der Waals surface area contributed by atoms with Gasteiger partial charge in [-0.15, -0.1) is 0 Å². The van der Waals surface area contributed by atoms with Crippen LogP contribution < -0.4 is 5.32 Å². The molecular weight excluding hydrogens is 258 g/mol. The number of carbonyl (C=O) groups is 3. The molecule has 2 N–H and O–H groups in total. The minimum Gasteiger partial charge on any atom is -0.486 e. The molecule has 100 valence electrons. The molecule has 6 nitrogen and oxygen atoms in total. The Labute approximate surface area is 109 Å². The van der Waals surface area contributed by atoms with Crippen LogP contribution in [0.2, 0.25) is 0 Å². The number of hydrogen-bond donors (Lipinski definition) is 2. The van der Waals surface area contributed by atoms with Gasteiger partial charge in [-0.3, -0.25) is 14.4 Å². The highest BCUT2D eigenvalue weighted by Gasteiger charge is 2.38. The molecule has 1 heterocycles. The summed E-state index contributed by atoms with van der Waals surface area (Å²) in [6.07, 6.45) is 2.07. The van der Waals surface area contributed by atoms with Crippen molar-refractivity contribution in [2.45, 2.75) is 25.0 Å². The Morgan fingerprint density at radius 1 is 1.56 bits per heavy atom. The van der Waals surface area contributed by atoms with Gasteiger partial charge < -0.3 is 15.2 Å². The summed E-state index contributed by atoms with van der Waals surface area (Å²) in [6.45, 7) is 3.05. The van der Waals surface area contributed by atoms with E-state index in [9.17, 15) is 14.4 Å². The lowest BCUT2D eigenvalue weighted by Gasteiger charge is -2.23. The average Bonchev–Trinajstić information content (AvgIpc) is 2.59. The number of hydrogen-bond acceptors (Lipinski definition) is 5. The predicted molar refractivity (Wildman–Crippen MR) is 66.0 cm³/mol. The summed E-state index contributed by atoms with van der Waals surface area (Å²) in [6, 6.07) is 0. The number of carbonyl (C=O) groups excluding carboxylic acids is 2. The molecule has 1 amide bonds. The fourth-order valence-electron chi connectivity index (χ4n) is 1.37. The maximum Gasteiger partial charge on any atom is 0.322 e. The number of rotatable bonds is 6. The fraction of sp³-hybridized carbons (Fsp3) is 0.545. The van der Waals surface area contributed by atoms with Gasteiger partial charge in [0.1, 0.15) is 12.3 Å². The molecule has 1 aliphatic rings. The number of carboxylic acid groups (broad SMARTS) is 1. The average molecular weight is 273 g/mol. The van der Waals surface area contributed by atoms with Gasteiger partial charge in [-0.05, 0) is 13.3 Å². The third-order valence-electron chi connectivity index (χ3n) is 2.57. The monoisotopic (exact) mass is 273 g/mol. The molecule has 0 aromatic rings. The number of ether oxygens (including phenoxy) is 1. The van der Waals surface area contributed by atoms with Gasteiger partial charge in [0.15, 0.2) is 6.61 Å². The van der Waals surface area contributed by atoms with Crippen LogP contribution >= 0.6 is 11.8 Å². The predicted octanol–water partition coefficient (Wildman–Crippen LogP) is 0.530. The molecule has 1 atom stereocenters. The van der Waals surface area contributed by atoms with Gasteiger partial charge in [-0.25, -0.2) is 0 Å². The second-order valence-electron chi connectivity index (χ2n) is 3.97. The SMILES string of the molecule is CC[C@@]1(C)SC(=O)C=C1OCC(=O)NCC(=O)O. The van der Waals surface area contributed by atoms with Crippen LogP contribution in [0.1, 0.15) is 20.3 Å². The van der Waals surface area contributed by atoms with Crippen molar-refractivity contribution in [1.82, 2.24) is 5.32 Å². The number of nitrogens with one attached hydrogen (secondary N) is 1. The van der Waals surface area contributed by atoms with E-state index in [0.29, 0.717) is 12.2 Å². The number of amides is 1. The Morgan fingerprint density at radius 2 is 2.22 bits per heavy atom. The highest BCUT2D eigenvalue weighted by molar-refractivity contribution is 8.15. The first-order chi connectivity index (χ1) is 8.37.